The van der Waals surface area contributed by atoms with Gasteiger partial charge in [0.25, 0.3) is 10.0 Å². The Bertz CT molecular complexity index is 714. The summed E-state index contributed by atoms with van der Waals surface area (Å²) in [6.45, 7) is 0. The average Bonchev–Trinajstić information content (AvgIpc) is 2.46. The Hall–Kier alpha value is -2.13. The van der Waals surface area contributed by atoms with Crippen molar-refractivity contribution in [1.29, 1.82) is 0 Å². The number of halogens is 1. The van der Waals surface area contributed by atoms with Gasteiger partial charge in [0.1, 0.15) is 10.0 Å². The van der Waals surface area contributed by atoms with Gasteiger partial charge < -0.3 is 9.47 Å². The number of rotatable bonds is 5. The van der Waals surface area contributed by atoms with E-state index in [0.29, 0.717) is 0 Å². The van der Waals surface area contributed by atoms with Crippen molar-refractivity contribution in [2.75, 3.05) is 18.9 Å². The van der Waals surface area contributed by atoms with Gasteiger partial charge in [0.05, 0.1) is 20.3 Å². The summed E-state index contributed by atoms with van der Waals surface area (Å²) in [6.07, 6.45) is 1.13. The second kappa shape index (κ2) is 6.10. The maximum atomic E-state index is 12.2. The van der Waals surface area contributed by atoms with E-state index in [1.165, 1.54) is 32.4 Å². The van der Waals surface area contributed by atoms with Gasteiger partial charge in [-0.1, -0.05) is 11.6 Å². The number of hydrogen-bond acceptors (Lipinski definition) is 7. The molecule has 2 rings (SSSR count). The van der Waals surface area contributed by atoms with Crippen molar-refractivity contribution in [2.24, 2.45) is 0 Å². The molecule has 0 saturated heterocycles. The molecule has 0 aliphatic heterocycles. The Balaban J connectivity index is 2.34. The molecule has 10 heteroatoms. The highest BCUT2D eigenvalue weighted by Gasteiger charge is 2.17. The van der Waals surface area contributed by atoms with Crippen molar-refractivity contribution in [3.63, 3.8) is 0 Å². The van der Waals surface area contributed by atoms with Gasteiger partial charge in [-0.25, -0.2) is 18.1 Å². The van der Waals surface area contributed by atoms with Crippen LogP contribution >= 0.6 is 11.6 Å². The predicted octanol–water partition coefficient (Wildman–Crippen LogP) is 1.34. The molecule has 8 nitrogen and oxygen atoms in total. The number of aromatic nitrogens is 3. The molecule has 0 aliphatic carbocycles. The number of sulfonamides is 1. The summed E-state index contributed by atoms with van der Waals surface area (Å²) in [5.74, 6) is 0.142. The van der Waals surface area contributed by atoms with Gasteiger partial charge >= 0.3 is 0 Å². The number of ether oxygens (including phenoxy) is 2. The molecule has 2 aromatic heterocycles. The van der Waals surface area contributed by atoms with Crippen LogP contribution in [0.5, 0.6) is 11.8 Å². The summed E-state index contributed by atoms with van der Waals surface area (Å²) < 4.78 is 36.4. The lowest BCUT2D eigenvalue weighted by Crippen LogP contribution is -2.15. The topological polar surface area (TPSA) is 103 Å². The Morgan fingerprint density at radius 1 is 1.14 bits per heavy atom. The molecule has 0 atom stereocenters. The zero-order valence-corrected chi connectivity index (χ0v) is 12.6. The highest BCUT2D eigenvalue weighted by molar-refractivity contribution is 7.92. The van der Waals surface area contributed by atoms with Crippen molar-refractivity contribution >= 4 is 27.6 Å². The van der Waals surface area contributed by atoms with E-state index in [1.807, 2.05) is 0 Å². The van der Waals surface area contributed by atoms with E-state index in [9.17, 15) is 8.42 Å². The number of nitrogens with zero attached hydrogens (tertiary/aromatic N) is 3. The fraction of sp³-hybridized carbons (Fsp3) is 0.182. The summed E-state index contributed by atoms with van der Waals surface area (Å²) in [4.78, 5) is 11.4. The minimum absolute atomic E-state index is 0.0720. The average molecular weight is 331 g/mol. The number of methoxy groups -OCH3 is 2. The Morgan fingerprint density at radius 3 is 2.24 bits per heavy atom. The van der Waals surface area contributed by atoms with Crippen molar-refractivity contribution in [1.82, 2.24) is 15.0 Å². The zero-order valence-electron chi connectivity index (χ0n) is 11.1. The molecule has 21 heavy (non-hydrogen) atoms. The van der Waals surface area contributed by atoms with E-state index in [0.717, 1.165) is 6.20 Å². The Morgan fingerprint density at radius 2 is 1.76 bits per heavy atom. The monoisotopic (exact) mass is 330 g/mol. The van der Waals surface area contributed by atoms with Crippen molar-refractivity contribution < 1.29 is 17.9 Å². The summed E-state index contributed by atoms with van der Waals surface area (Å²) >= 11 is 5.62. The molecule has 0 aromatic carbocycles. The first kappa shape index (κ1) is 15.3. The Labute approximate surface area is 126 Å². The first-order valence-corrected chi connectivity index (χ1v) is 7.42. The highest BCUT2D eigenvalue weighted by Crippen LogP contribution is 2.20. The quantitative estimate of drug-likeness (QED) is 0.825. The number of nitrogens with one attached hydrogen (secondary N) is 1. The van der Waals surface area contributed by atoms with Gasteiger partial charge in [-0.15, -0.1) is 0 Å². The molecular weight excluding hydrogens is 320 g/mol. The SMILES string of the molecule is COc1cc(OC)nc(NS(=O)(=O)c2ccc(Cl)nc2)n1. The van der Waals surface area contributed by atoms with Crippen molar-refractivity contribution in [3.05, 3.63) is 29.5 Å². The normalized spacial score (nSPS) is 11.0. The first-order valence-electron chi connectivity index (χ1n) is 5.56. The van der Waals surface area contributed by atoms with Gasteiger partial charge in [0.2, 0.25) is 17.7 Å². The smallest absolute Gasteiger partial charge is 0.265 e. The molecular formula is C11H11ClN4O4S. The molecule has 0 bridgehead atoms. The number of pyridine rings is 1. The third-order valence-corrected chi connectivity index (χ3v) is 3.87. The molecule has 112 valence electrons. The van der Waals surface area contributed by atoms with Gasteiger partial charge in [0, 0.05) is 6.20 Å². The summed E-state index contributed by atoms with van der Waals surface area (Å²) in [5, 5.41) is 0.188. The van der Waals surface area contributed by atoms with Crippen LogP contribution < -0.4 is 14.2 Å². The zero-order chi connectivity index (χ0) is 15.5. The molecule has 0 radical (unpaired) electrons. The second-order valence-electron chi connectivity index (χ2n) is 3.70. The fourth-order valence-corrected chi connectivity index (χ4v) is 2.36. The predicted molar refractivity (Wildman–Crippen MR) is 75.2 cm³/mol. The molecule has 0 fully saturated rings. The van der Waals surface area contributed by atoms with Gasteiger partial charge in [0.15, 0.2) is 0 Å². The van der Waals surface area contributed by atoms with Gasteiger partial charge in [-0.2, -0.15) is 9.97 Å². The molecule has 0 aliphatic rings. The Kier molecular flexibility index (Phi) is 4.43. The largest absolute Gasteiger partial charge is 0.481 e. The molecule has 2 heterocycles. The third-order valence-electron chi connectivity index (χ3n) is 2.33. The lowest BCUT2D eigenvalue weighted by molar-refractivity contribution is 0.373. The standard InChI is InChI=1S/C11H11ClN4O4S/c1-19-9-5-10(20-2)15-11(14-9)16-21(17,18)7-3-4-8(12)13-6-7/h3-6H,1-2H3,(H,14,15,16). The molecule has 1 N–H and O–H groups in total. The van der Waals surface area contributed by atoms with E-state index < -0.39 is 10.0 Å². The minimum atomic E-state index is -3.89. The second-order valence-corrected chi connectivity index (χ2v) is 5.77. The summed E-state index contributed by atoms with van der Waals surface area (Å²) in [6, 6.07) is 4.10. The molecule has 0 saturated carbocycles. The highest BCUT2D eigenvalue weighted by atomic mass is 35.5. The van der Waals surface area contributed by atoms with E-state index >= 15 is 0 Å². The third kappa shape index (κ3) is 3.70. The molecule has 0 spiro atoms. The lowest BCUT2D eigenvalue weighted by Gasteiger charge is -2.09. The maximum Gasteiger partial charge on any atom is 0.265 e. The van der Waals surface area contributed by atoms with Crippen LogP contribution in [0, 0.1) is 0 Å². The van der Waals surface area contributed by atoms with Crippen molar-refractivity contribution in [3.8, 4) is 11.8 Å². The van der Waals surface area contributed by atoms with Crippen LogP contribution in [0.3, 0.4) is 0 Å². The van der Waals surface area contributed by atoms with Crippen LogP contribution in [0.1, 0.15) is 0 Å². The van der Waals surface area contributed by atoms with Crippen LogP contribution in [0.2, 0.25) is 5.15 Å². The van der Waals surface area contributed by atoms with E-state index in [1.54, 1.807) is 0 Å². The molecule has 2 aromatic rings. The van der Waals surface area contributed by atoms with Crippen molar-refractivity contribution in [2.45, 2.75) is 4.90 Å². The number of hydrogen-bond donors (Lipinski definition) is 1. The number of anilines is 1. The summed E-state index contributed by atoms with van der Waals surface area (Å²) in [7, 11) is -1.10. The first-order chi connectivity index (χ1) is 9.94. The summed E-state index contributed by atoms with van der Waals surface area (Å²) in [5.41, 5.74) is 0. The van der Waals surface area contributed by atoms with Gasteiger partial charge in [-0.3, -0.25) is 0 Å². The van der Waals surface area contributed by atoms with E-state index in [-0.39, 0.29) is 27.8 Å². The van der Waals surface area contributed by atoms with Crippen LogP contribution in [0.25, 0.3) is 0 Å². The fourth-order valence-electron chi connectivity index (χ4n) is 1.36. The van der Waals surface area contributed by atoms with Crippen LogP contribution in [0.4, 0.5) is 5.95 Å². The van der Waals surface area contributed by atoms with Crippen LogP contribution in [-0.4, -0.2) is 37.6 Å². The molecule has 0 amide bonds. The van der Waals surface area contributed by atoms with Gasteiger partial charge in [-0.05, 0) is 12.1 Å². The van der Waals surface area contributed by atoms with E-state index in [2.05, 4.69) is 19.7 Å². The lowest BCUT2D eigenvalue weighted by atomic mass is 10.5. The maximum absolute atomic E-state index is 12.2. The van der Waals surface area contributed by atoms with Crippen LogP contribution in [0.15, 0.2) is 29.3 Å². The molecule has 0 unspecified atom stereocenters. The van der Waals surface area contributed by atoms with E-state index in [4.69, 9.17) is 21.1 Å². The minimum Gasteiger partial charge on any atom is -0.481 e. The van der Waals surface area contributed by atoms with Crippen LogP contribution in [-0.2, 0) is 10.0 Å².